The highest BCUT2D eigenvalue weighted by Crippen LogP contribution is 2.38. The Morgan fingerprint density at radius 3 is 2.21 bits per heavy atom. The first-order valence-electron chi connectivity index (χ1n) is 9.28. The molecule has 0 aliphatic carbocycles. The zero-order valence-electron chi connectivity index (χ0n) is 16.6. The summed E-state index contributed by atoms with van der Waals surface area (Å²) in [6.07, 6.45) is 0.583. The molecule has 7 heteroatoms. The summed E-state index contributed by atoms with van der Waals surface area (Å²) in [6.45, 7) is 5.48. The van der Waals surface area contributed by atoms with E-state index >= 15 is 0 Å². The number of nitrogens with one attached hydrogen (secondary N) is 1. The average Bonchev–Trinajstić information content (AvgIpc) is 2.87. The standard InChI is InChI=1S/C22H23N3O3S/c1-22(2,3)25-21(26)19(20(29(25,27)28)18-7-5-4-6-8-18)24-14-13-16-9-11-17(15-23)12-10-16/h4-12,24H,13-14H2,1-3H3. The van der Waals surface area contributed by atoms with E-state index in [-0.39, 0.29) is 10.6 Å². The van der Waals surface area contributed by atoms with Crippen LogP contribution in [0.4, 0.5) is 0 Å². The van der Waals surface area contributed by atoms with Crippen molar-refractivity contribution in [2.75, 3.05) is 6.54 Å². The van der Waals surface area contributed by atoms with Gasteiger partial charge in [0.05, 0.1) is 17.2 Å². The molecule has 0 radical (unpaired) electrons. The van der Waals surface area contributed by atoms with Crippen molar-refractivity contribution < 1.29 is 13.2 Å². The number of carbonyl (C=O) groups is 1. The largest absolute Gasteiger partial charge is 0.379 e. The van der Waals surface area contributed by atoms with Crippen molar-refractivity contribution >= 4 is 20.8 Å². The van der Waals surface area contributed by atoms with Crippen LogP contribution in [0.2, 0.25) is 0 Å². The molecule has 1 N–H and O–H groups in total. The number of benzene rings is 2. The predicted octanol–water partition coefficient (Wildman–Crippen LogP) is 3.03. The molecule has 29 heavy (non-hydrogen) atoms. The molecule has 1 heterocycles. The molecule has 0 atom stereocenters. The highest BCUT2D eigenvalue weighted by Gasteiger charge is 2.49. The van der Waals surface area contributed by atoms with E-state index in [0.717, 1.165) is 9.87 Å². The molecular weight excluding hydrogens is 386 g/mol. The van der Waals surface area contributed by atoms with Crippen molar-refractivity contribution in [1.29, 1.82) is 5.26 Å². The lowest BCUT2D eigenvalue weighted by Crippen LogP contribution is -2.46. The third kappa shape index (κ3) is 4.03. The second-order valence-electron chi connectivity index (χ2n) is 7.80. The van der Waals surface area contributed by atoms with Gasteiger partial charge in [0.15, 0.2) is 0 Å². The van der Waals surface area contributed by atoms with Gasteiger partial charge in [0, 0.05) is 6.54 Å². The van der Waals surface area contributed by atoms with Gasteiger partial charge in [-0.3, -0.25) is 4.79 Å². The molecular formula is C22H23N3O3S. The second kappa shape index (κ2) is 7.72. The van der Waals surface area contributed by atoms with Gasteiger partial charge >= 0.3 is 0 Å². The number of sulfonamides is 1. The van der Waals surface area contributed by atoms with Gasteiger partial charge in [0.1, 0.15) is 10.6 Å². The molecule has 2 aromatic rings. The van der Waals surface area contributed by atoms with E-state index in [9.17, 15) is 13.2 Å². The van der Waals surface area contributed by atoms with Gasteiger partial charge in [-0.1, -0.05) is 42.5 Å². The third-order valence-electron chi connectivity index (χ3n) is 4.57. The smallest absolute Gasteiger partial charge is 0.285 e. The van der Waals surface area contributed by atoms with E-state index in [0.29, 0.717) is 24.1 Å². The van der Waals surface area contributed by atoms with Gasteiger partial charge in [0.2, 0.25) is 0 Å². The Hall–Kier alpha value is -3.11. The average molecular weight is 410 g/mol. The van der Waals surface area contributed by atoms with Crippen LogP contribution in [-0.2, 0) is 21.2 Å². The lowest BCUT2D eigenvalue weighted by atomic mass is 10.1. The number of nitrogens with zero attached hydrogens (tertiary/aromatic N) is 2. The molecule has 150 valence electrons. The van der Waals surface area contributed by atoms with E-state index < -0.39 is 21.5 Å². The van der Waals surface area contributed by atoms with Gasteiger partial charge < -0.3 is 5.32 Å². The van der Waals surface area contributed by atoms with Crippen LogP contribution in [0, 0.1) is 11.3 Å². The highest BCUT2D eigenvalue weighted by atomic mass is 32.2. The Morgan fingerprint density at radius 1 is 1.03 bits per heavy atom. The first-order chi connectivity index (χ1) is 13.7. The fourth-order valence-electron chi connectivity index (χ4n) is 3.31. The van der Waals surface area contributed by atoms with Crippen LogP contribution in [0.5, 0.6) is 0 Å². The van der Waals surface area contributed by atoms with Crippen LogP contribution < -0.4 is 5.32 Å². The van der Waals surface area contributed by atoms with Gasteiger partial charge in [-0.2, -0.15) is 5.26 Å². The lowest BCUT2D eigenvalue weighted by molar-refractivity contribution is -0.125. The summed E-state index contributed by atoms with van der Waals surface area (Å²) in [6, 6.07) is 17.9. The number of rotatable bonds is 5. The van der Waals surface area contributed by atoms with Crippen molar-refractivity contribution in [3.8, 4) is 6.07 Å². The molecule has 0 unspecified atom stereocenters. The first-order valence-corrected chi connectivity index (χ1v) is 10.7. The zero-order chi connectivity index (χ0) is 21.2. The Kier molecular flexibility index (Phi) is 5.49. The van der Waals surface area contributed by atoms with Gasteiger partial charge in [-0.25, -0.2) is 12.7 Å². The quantitative estimate of drug-likeness (QED) is 0.820. The highest BCUT2D eigenvalue weighted by molar-refractivity contribution is 7.99. The second-order valence-corrected chi connectivity index (χ2v) is 9.52. The summed E-state index contributed by atoms with van der Waals surface area (Å²) in [5.41, 5.74) is 1.26. The third-order valence-corrected chi connectivity index (χ3v) is 6.72. The molecule has 0 saturated heterocycles. The number of hydrogen-bond acceptors (Lipinski definition) is 5. The molecule has 0 fully saturated rings. The van der Waals surface area contributed by atoms with Crippen LogP contribution in [0.25, 0.3) is 4.91 Å². The van der Waals surface area contributed by atoms with Crippen LogP contribution in [-0.4, -0.2) is 30.7 Å². The summed E-state index contributed by atoms with van der Waals surface area (Å²) >= 11 is 0. The van der Waals surface area contributed by atoms with Gasteiger partial charge in [0.25, 0.3) is 15.9 Å². The summed E-state index contributed by atoms with van der Waals surface area (Å²) in [5.74, 6) is -0.545. The van der Waals surface area contributed by atoms with Gasteiger partial charge in [-0.05, 0) is 50.5 Å². The summed E-state index contributed by atoms with van der Waals surface area (Å²) in [5, 5.41) is 11.9. The monoisotopic (exact) mass is 409 g/mol. The summed E-state index contributed by atoms with van der Waals surface area (Å²) < 4.78 is 27.4. The van der Waals surface area contributed by atoms with Crippen LogP contribution in [0.3, 0.4) is 0 Å². The normalized spacial score (nSPS) is 16.1. The zero-order valence-corrected chi connectivity index (χ0v) is 17.5. The number of hydrogen-bond donors (Lipinski definition) is 1. The van der Waals surface area contributed by atoms with Crippen molar-refractivity contribution in [3.05, 3.63) is 77.0 Å². The van der Waals surface area contributed by atoms with E-state index in [1.807, 2.05) is 12.1 Å². The van der Waals surface area contributed by atoms with Crippen molar-refractivity contribution in [2.24, 2.45) is 0 Å². The minimum Gasteiger partial charge on any atom is -0.379 e. The summed E-state index contributed by atoms with van der Waals surface area (Å²) in [7, 11) is -3.98. The Bertz CT molecular complexity index is 1090. The van der Waals surface area contributed by atoms with E-state index in [1.165, 1.54) is 0 Å². The molecule has 0 spiro atoms. The Balaban J connectivity index is 1.93. The topological polar surface area (TPSA) is 90.3 Å². The van der Waals surface area contributed by atoms with Crippen molar-refractivity contribution in [3.63, 3.8) is 0 Å². The predicted molar refractivity (Wildman–Crippen MR) is 112 cm³/mol. The van der Waals surface area contributed by atoms with E-state index in [2.05, 4.69) is 11.4 Å². The van der Waals surface area contributed by atoms with E-state index in [4.69, 9.17) is 5.26 Å². The Morgan fingerprint density at radius 2 is 1.66 bits per heavy atom. The molecule has 1 aliphatic heterocycles. The minimum atomic E-state index is -3.98. The molecule has 1 aliphatic rings. The van der Waals surface area contributed by atoms with E-state index in [1.54, 1.807) is 63.2 Å². The molecule has 3 rings (SSSR count). The maximum absolute atomic E-state index is 13.2. The molecule has 0 saturated carbocycles. The maximum Gasteiger partial charge on any atom is 0.285 e. The number of amides is 1. The van der Waals surface area contributed by atoms with Gasteiger partial charge in [-0.15, -0.1) is 0 Å². The molecule has 1 amide bonds. The van der Waals surface area contributed by atoms with Crippen LogP contribution in [0.1, 0.15) is 37.5 Å². The van der Waals surface area contributed by atoms with Crippen molar-refractivity contribution in [2.45, 2.75) is 32.7 Å². The maximum atomic E-state index is 13.2. The molecule has 0 aromatic heterocycles. The SMILES string of the molecule is CC(C)(C)N1C(=O)C(NCCc2ccc(C#N)cc2)=C(c2ccccc2)S1(=O)=O. The fourth-order valence-corrected chi connectivity index (χ4v) is 5.37. The van der Waals surface area contributed by atoms with Crippen molar-refractivity contribution in [1.82, 2.24) is 9.62 Å². The molecule has 0 bridgehead atoms. The number of nitriles is 1. The number of carbonyl (C=O) groups excluding carboxylic acids is 1. The molecule has 2 aromatic carbocycles. The lowest BCUT2D eigenvalue weighted by Gasteiger charge is -2.30. The molecule has 6 nitrogen and oxygen atoms in total. The first kappa shape index (κ1) is 20.6. The Labute approximate surface area is 171 Å². The van der Waals surface area contributed by atoms with Crippen LogP contribution >= 0.6 is 0 Å². The summed E-state index contributed by atoms with van der Waals surface area (Å²) in [4.78, 5) is 13.1. The van der Waals surface area contributed by atoms with Crippen LogP contribution in [0.15, 0.2) is 60.3 Å². The minimum absolute atomic E-state index is 0.0119. The fraction of sp³-hybridized carbons (Fsp3) is 0.273.